The number of rotatable bonds is 5. The summed E-state index contributed by atoms with van der Waals surface area (Å²) in [5.41, 5.74) is 1.69. The van der Waals surface area contributed by atoms with E-state index >= 15 is 0 Å². The number of aromatic nitrogens is 1. The first-order valence-corrected chi connectivity index (χ1v) is 11.0. The monoisotopic (exact) mass is 385 g/mol. The van der Waals surface area contributed by atoms with Gasteiger partial charge >= 0.3 is 0 Å². The average molecular weight is 386 g/mol. The summed E-state index contributed by atoms with van der Waals surface area (Å²) in [4.78, 5) is 7.60. The number of halogens is 1. The minimum Gasteiger partial charge on any atom is -0.379 e. The van der Waals surface area contributed by atoms with Gasteiger partial charge in [-0.3, -0.25) is 0 Å². The average Bonchev–Trinajstić information content (AvgIpc) is 2.98. The van der Waals surface area contributed by atoms with Crippen molar-refractivity contribution in [3.8, 4) is 0 Å². The van der Waals surface area contributed by atoms with E-state index in [9.17, 15) is 8.42 Å². The maximum Gasteiger partial charge on any atom is 0.183 e. The van der Waals surface area contributed by atoms with Gasteiger partial charge < -0.3 is 10.2 Å². The molecule has 8 heteroatoms. The molecule has 0 saturated carbocycles. The molecule has 1 saturated heterocycles. The quantitative estimate of drug-likeness (QED) is 0.848. The van der Waals surface area contributed by atoms with Crippen molar-refractivity contribution in [2.24, 2.45) is 0 Å². The molecule has 1 aliphatic rings. The molecule has 0 amide bonds. The molecule has 0 bridgehead atoms. The van der Waals surface area contributed by atoms with E-state index in [-0.39, 0.29) is 0 Å². The third-order valence-electron chi connectivity index (χ3n) is 4.06. The fraction of sp³-hybridized carbons (Fsp3) is 0.438. The zero-order chi connectivity index (χ0) is 17.2. The van der Waals surface area contributed by atoms with Gasteiger partial charge in [0.25, 0.3) is 0 Å². The van der Waals surface area contributed by atoms with Gasteiger partial charge in [-0.2, -0.15) is 0 Å². The molecule has 1 aromatic heterocycles. The Kier molecular flexibility index (Phi) is 5.32. The van der Waals surface area contributed by atoms with E-state index in [1.54, 1.807) is 12.3 Å². The van der Waals surface area contributed by atoms with Gasteiger partial charge in [-0.15, -0.1) is 11.3 Å². The number of benzene rings is 1. The molecule has 1 aromatic carbocycles. The highest BCUT2D eigenvalue weighted by atomic mass is 35.5. The summed E-state index contributed by atoms with van der Waals surface area (Å²) in [6, 6.07) is 5.53. The third kappa shape index (κ3) is 4.20. The van der Waals surface area contributed by atoms with E-state index in [0.29, 0.717) is 21.6 Å². The Hall–Kier alpha value is -1.31. The molecule has 2 heterocycles. The molecule has 1 fully saturated rings. The second-order valence-electron chi connectivity index (χ2n) is 5.93. The van der Waals surface area contributed by atoms with Gasteiger partial charge in [0.05, 0.1) is 17.1 Å². The largest absolute Gasteiger partial charge is 0.379 e. The van der Waals surface area contributed by atoms with Crippen molar-refractivity contribution in [1.29, 1.82) is 0 Å². The molecule has 2 aromatic rings. The minimum absolute atomic E-state index is 0.318. The number of sulfone groups is 1. The van der Waals surface area contributed by atoms with Gasteiger partial charge in [-0.25, -0.2) is 13.4 Å². The van der Waals surface area contributed by atoms with Crippen molar-refractivity contribution in [1.82, 2.24) is 4.98 Å². The summed E-state index contributed by atoms with van der Waals surface area (Å²) in [6.07, 6.45) is 6.55. The van der Waals surface area contributed by atoms with E-state index in [0.717, 1.165) is 23.7 Å². The first kappa shape index (κ1) is 17.5. The zero-order valence-corrected chi connectivity index (χ0v) is 15.8. The minimum atomic E-state index is -3.30. The molecular formula is C16H20ClN3O2S2. The fourth-order valence-electron chi connectivity index (χ4n) is 2.88. The number of nitrogens with zero attached hydrogens (tertiary/aromatic N) is 2. The molecular weight excluding hydrogens is 366 g/mol. The Bertz CT molecular complexity index is 814. The zero-order valence-electron chi connectivity index (χ0n) is 13.5. The maximum atomic E-state index is 12.1. The Morgan fingerprint density at radius 3 is 2.67 bits per heavy atom. The number of hydrogen-bond donors (Lipinski definition) is 1. The molecule has 5 nitrogen and oxygen atoms in total. The number of hydrogen-bond acceptors (Lipinski definition) is 6. The lowest BCUT2D eigenvalue weighted by Crippen LogP contribution is -2.29. The molecule has 130 valence electrons. The summed E-state index contributed by atoms with van der Waals surface area (Å²) < 4.78 is 24.6. The maximum absolute atomic E-state index is 12.1. The first-order chi connectivity index (χ1) is 11.4. The van der Waals surface area contributed by atoms with Gasteiger partial charge in [-0.1, -0.05) is 11.6 Å². The second kappa shape index (κ2) is 7.29. The van der Waals surface area contributed by atoms with Gasteiger partial charge in [0.1, 0.15) is 0 Å². The van der Waals surface area contributed by atoms with E-state index in [1.165, 1.54) is 36.9 Å². The first-order valence-electron chi connectivity index (χ1n) is 7.86. The molecule has 0 spiro atoms. The molecule has 0 radical (unpaired) electrons. The van der Waals surface area contributed by atoms with Crippen LogP contribution in [0.3, 0.4) is 0 Å². The highest BCUT2D eigenvalue weighted by molar-refractivity contribution is 7.90. The van der Waals surface area contributed by atoms with E-state index in [4.69, 9.17) is 11.6 Å². The van der Waals surface area contributed by atoms with Crippen molar-refractivity contribution >= 4 is 44.1 Å². The summed E-state index contributed by atoms with van der Waals surface area (Å²) in [5, 5.41) is 3.23. The molecule has 0 aliphatic carbocycles. The Morgan fingerprint density at radius 1 is 1.29 bits per heavy atom. The second-order valence-corrected chi connectivity index (χ2v) is 9.61. The summed E-state index contributed by atoms with van der Waals surface area (Å²) in [7, 11) is -3.30. The highest BCUT2D eigenvalue weighted by Crippen LogP contribution is 2.30. The van der Waals surface area contributed by atoms with Crippen LogP contribution in [0.15, 0.2) is 29.3 Å². The van der Waals surface area contributed by atoms with Crippen LogP contribution in [0.5, 0.6) is 0 Å². The number of piperidine rings is 1. The lowest BCUT2D eigenvalue weighted by molar-refractivity contribution is 0.577. The van der Waals surface area contributed by atoms with Crippen LogP contribution in [0.25, 0.3) is 0 Å². The van der Waals surface area contributed by atoms with Gasteiger partial charge in [0.15, 0.2) is 14.3 Å². The highest BCUT2D eigenvalue weighted by Gasteiger charge is 2.17. The number of thiazole rings is 1. The van der Waals surface area contributed by atoms with Crippen LogP contribution in [0.1, 0.15) is 24.1 Å². The van der Waals surface area contributed by atoms with Crippen LogP contribution < -0.4 is 10.2 Å². The van der Waals surface area contributed by atoms with E-state index in [1.807, 2.05) is 12.1 Å². The molecule has 0 atom stereocenters. The summed E-state index contributed by atoms with van der Waals surface area (Å²) in [5.74, 6) is 0. The van der Waals surface area contributed by atoms with Gasteiger partial charge in [0.2, 0.25) is 0 Å². The molecule has 3 rings (SSSR count). The number of nitrogens with one attached hydrogen (secondary N) is 1. The number of anilines is 2. The lowest BCUT2D eigenvalue weighted by atomic mass is 10.1. The SMILES string of the molecule is CS(=O)(=O)c1ccc(N2CCCCC2)cc1NCc1cnc(Cl)s1. The van der Waals surface area contributed by atoms with Gasteiger partial charge in [-0.05, 0) is 37.5 Å². The molecule has 1 N–H and O–H groups in total. The lowest BCUT2D eigenvalue weighted by Gasteiger charge is -2.29. The van der Waals surface area contributed by atoms with Crippen molar-refractivity contribution < 1.29 is 8.42 Å². The van der Waals surface area contributed by atoms with Crippen molar-refractivity contribution in [3.05, 3.63) is 33.7 Å². The van der Waals surface area contributed by atoms with Crippen molar-refractivity contribution in [2.45, 2.75) is 30.7 Å². The molecule has 1 aliphatic heterocycles. The predicted octanol–water partition coefficient (Wildman–Crippen LogP) is 3.80. The smallest absolute Gasteiger partial charge is 0.183 e. The normalized spacial score (nSPS) is 15.5. The van der Waals surface area contributed by atoms with Crippen LogP contribution in [0.4, 0.5) is 11.4 Å². The van der Waals surface area contributed by atoms with Crippen LogP contribution in [0, 0.1) is 0 Å². The Labute approximate surface area is 151 Å². The van der Waals surface area contributed by atoms with E-state index < -0.39 is 9.84 Å². The topological polar surface area (TPSA) is 62.3 Å². The molecule has 24 heavy (non-hydrogen) atoms. The predicted molar refractivity (Wildman–Crippen MR) is 100 cm³/mol. The van der Waals surface area contributed by atoms with Crippen molar-refractivity contribution in [2.75, 3.05) is 29.6 Å². The standard InChI is InChI=1S/C16H20ClN3O2S2/c1-24(21,22)15-6-5-12(20-7-3-2-4-8-20)9-14(15)18-10-13-11-19-16(17)23-13/h5-6,9,11,18H,2-4,7-8,10H2,1H3. The third-order valence-corrected chi connectivity index (χ3v) is 6.33. The van der Waals surface area contributed by atoms with Crippen LogP contribution >= 0.6 is 22.9 Å². The van der Waals surface area contributed by atoms with Crippen LogP contribution in [-0.4, -0.2) is 32.7 Å². The van der Waals surface area contributed by atoms with Crippen LogP contribution in [0.2, 0.25) is 4.47 Å². The van der Waals surface area contributed by atoms with Gasteiger partial charge in [0, 0.05) is 36.1 Å². The van der Waals surface area contributed by atoms with Crippen molar-refractivity contribution in [3.63, 3.8) is 0 Å². The Balaban J connectivity index is 1.87. The fourth-order valence-corrected chi connectivity index (χ4v) is 4.64. The Morgan fingerprint density at radius 2 is 2.04 bits per heavy atom. The van der Waals surface area contributed by atoms with E-state index in [2.05, 4.69) is 15.2 Å². The van der Waals surface area contributed by atoms with Crippen LogP contribution in [-0.2, 0) is 16.4 Å². The summed E-state index contributed by atoms with van der Waals surface area (Å²) >= 11 is 7.23. The summed E-state index contributed by atoms with van der Waals surface area (Å²) in [6.45, 7) is 2.53. The molecule has 0 unspecified atom stereocenters.